The van der Waals surface area contributed by atoms with Gasteiger partial charge in [0.2, 0.25) is 5.91 Å². The molecule has 6 heteroatoms. The molecule has 0 aromatic carbocycles. The summed E-state index contributed by atoms with van der Waals surface area (Å²) in [4.78, 5) is 19.0. The van der Waals surface area contributed by atoms with E-state index in [9.17, 15) is 4.79 Å². The molecule has 1 fully saturated rings. The number of carbonyl (C=O) groups excluding carboxylic acids is 1. The largest absolute Gasteiger partial charge is 0.459 e. The van der Waals surface area contributed by atoms with Gasteiger partial charge < -0.3 is 14.4 Å². The molecule has 1 unspecified atom stereocenters. The zero-order valence-electron chi connectivity index (χ0n) is 13.3. The van der Waals surface area contributed by atoms with Gasteiger partial charge in [-0.25, -0.2) is 4.98 Å². The molecular weight excluding hydrogens is 312 g/mol. The molecule has 1 amide bonds. The van der Waals surface area contributed by atoms with Crippen molar-refractivity contribution in [3.63, 3.8) is 0 Å². The maximum absolute atomic E-state index is 12.5. The topological polar surface area (TPSA) is 66.6 Å². The Bertz CT molecular complexity index is 664. The monoisotopic (exact) mass is 334 g/mol. The molecule has 1 N–H and O–H groups in total. The minimum atomic E-state index is 0.137. The van der Waals surface area contributed by atoms with Crippen LogP contribution in [0.4, 0.5) is 0 Å². The van der Waals surface area contributed by atoms with Gasteiger partial charge in [-0.05, 0) is 44.7 Å². The molecule has 1 aliphatic rings. The Morgan fingerprint density at radius 1 is 1.52 bits per heavy atom. The zero-order valence-corrected chi connectivity index (χ0v) is 14.1. The number of aliphatic hydroxyl groups excluding tert-OH is 1. The van der Waals surface area contributed by atoms with Gasteiger partial charge in [-0.1, -0.05) is 0 Å². The summed E-state index contributed by atoms with van der Waals surface area (Å²) in [5.74, 6) is 1.75. The Hall–Kier alpha value is -1.66. The summed E-state index contributed by atoms with van der Waals surface area (Å²) in [6, 6.07) is 4.10. The van der Waals surface area contributed by atoms with E-state index in [-0.39, 0.29) is 18.6 Å². The maximum atomic E-state index is 12.5. The molecule has 1 aliphatic heterocycles. The molecule has 0 aliphatic carbocycles. The second kappa shape index (κ2) is 7.27. The molecule has 0 saturated carbocycles. The quantitative estimate of drug-likeness (QED) is 0.882. The van der Waals surface area contributed by atoms with Gasteiger partial charge >= 0.3 is 0 Å². The molecule has 2 aromatic heterocycles. The van der Waals surface area contributed by atoms with Crippen molar-refractivity contribution in [1.82, 2.24) is 9.88 Å². The number of rotatable bonds is 6. The number of hydrogen-bond acceptors (Lipinski definition) is 5. The van der Waals surface area contributed by atoms with Crippen LogP contribution in [-0.2, 0) is 11.2 Å². The van der Waals surface area contributed by atoms with Crippen LogP contribution in [0.5, 0.6) is 0 Å². The van der Waals surface area contributed by atoms with Crippen LogP contribution in [0.2, 0.25) is 0 Å². The number of aryl methyl sites for hydroxylation is 1. The molecule has 0 radical (unpaired) electrons. The smallest absolute Gasteiger partial charge is 0.228 e. The highest BCUT2D eigenvalue weighted by atomic mass is 32.1. The lowest BCUT2D eigenvalue weighted by Crippen LogP contribution is -2.36. The number of hydrogen-bond donors (Lipinski definition) is 1. The first-order valence-corrected chi connectivity index (χ1v) is 8.97. The molecule has 23 heavy (non-hydrogen) atoms. The Labute approximate surface area is 140 Å². The van der Waals surface area contributed by atoms with Crippen molar-refractivity contribution in [2.45, 2.75) is 45.1 Å². The minimum Gasteiger partial charge on any atom is -0.459 e. The molecule has 3 heterocycles. The second-order valence-electron chi connectivity index (χ2n) is 5.98. The van der Waals surface area contributed by atoms with E-state index in [1.807, 2.05) is 29.3 Å². The normalized spacial score (nSPS) is 17.8. The number of nitrogens with zero attached hydrogens (tertiary/aromatic N) is 2. The summed E-state index contributed by atoms with van der Waals surface area (Å²) in [7, 11) is 0. The summed E-state index contributed by atoms with van der Waals surface area (Å²) in [6.07, 6.45) is 4.07. The van der Waals surface area contributed by atoms with Crippen LogP contribution in [-0.4, -0.2) is 40.1 Å². The molecule has 5 nitrogen and oxygen atoms in total. The van der Waals surface area contributed by atoms with E-state index in [1.54, 1.807) is 0 Å². The third-order valence-corrected chi connectivity index (χ3v) is 5.13. The number of aromatic nitrogens is 1. The SMILES string of the molecule is Cc1ccc(-c2nc(CC(=O)N3CCCC3CCCO)cs2)o1. The van der Waals surface area contributed by atoms with Crippen LogP contribution >= 0.6 is 11.3 Å². The zero-order chi connectivity index (χ0) is 16.2. The molecule has 124 valence electrons. The predicted molar refractivity (Wildman–Crippen MR) is 89.3 cm³/mol. The van der Waals surface area contributed by atoms with Crippen molar-refractivity contribution in [3.05, 3.63) is 29.0 Å². The van der Waals surface area contributed by atoms with Crippen molar-refractivity contribution >= 4 is 17.2 Å². The lowest BCUT2D eigenvalue weighted by atomic mass is 10.1. The summed E-state index contributed by atoms with van der Waals surface area (Å²) in [5.41, 5.74) is 0.803. The van der Waals surface area contributed by atoms with Crippen LogP contribution < -0.4 is 0 Å². The number of amides is 1. The Morgan fingerprint density at radius 3 is 3.13 bits per heavy atom. The van der Waals surface area contributed by atoms with Gasteiger partial charge in [-0.3, -0.25) is 4.79 Å². The summed E-state index contributed by atoms with van der Waals surface area (Å²) in [5, 5.41) is 11.7. The summed E-state index contributed by atoms with van der Waals surface area (Å²) >= 11 is 1.51. The lowest BCUT2D eigenvalue weighted by Gasteiger charge is -2.24. The van der Waals surface area contributed by atoms with Gasteiger partial charge in [0.25, 0.3) is 0 Å². The van der Waals surface area contributed by atoms with E-state index in [0.29, 0.717) is 6.42 Å². The summed E-state index contributed by atoms with van der Waals surface area (Å²) < 4.78 is 5.58. The van der Waals surface area contributed by atoms with Crippen molar-refractivity contribution in [2.24, 2.45) is 0 Å². The van der Waals surface area contributed by atoms with Gasteiger partial charge in [-0.15, -0.1) is 11.3 Å². The predicted octanol–water partition coefficient (Wildman–Crippen LogP) is 3.02. The molecular formula is C17H22N2O3S. The standard InChI is InChI=1S/C17H22N2O3S/c1-12-6-7-15(22-12)17-18-13(11-23-17)10-16(21)19-8-2-4-14(19)5-3-9-20/h6-7,11,14,20H,2-5,8-10H2,1H3. The van der Waals surface area contributed by atoms with Crippen molar-refractivity contribution in [3.8, 4) is 10.8 Å². The van der Waals surface area contributed by atoms with Gasteiger partial charge in [0.15, 0.2) is 10.8 Å². The van der Waals surface area contributed by atoms with E-state index in [4.69, 9.17) is 9.52 Å². The molecule has 3 rings (SSSR count). The third-order valence-electron chi connectivity index (χ3n) is 4.23. The first kappa shape index (κ1) is 16.2. The number of likely N-dealkylation sites (tertiary alicyclic amines) is 1. The maximum Gasteiger partial charge on any atom is 0.228 e. The number of aliphatic hydroxyl groups is 1. The fraction of sp³-hybridized carbons (Fsp3) is 0.529. The van der Waals surface area contributed by atoms with Crippen LogP contribution in [0.1, 0.15) is 37.1 Å². The second-order valence-corrected chi connectivity index (χ2v) is 6.84. The number of thiazole rings is 1. The van der Waals surface area contributed by atoms with Crippen LogP contribution in [0.25, 0.3) is 10.8 Å². The highest BCUT2D eigenvalue weighted by Crippen LogP contribution is 2.27. The fourth-order valence-corrected chi connectivity index (χ4v) is 3.88. The van der Waals surface area contributed by atoms with Crippen molar-refractivity contribution < 1.29 is 14.3 Å². The Balaban J connectivity index is 1.63. The van der Waals surface area contributed by atoms with Gasteiger partial charge in [-0.2, -0.15) is 0 Å². The van der Waals surface area contributed by atoms with E-state index in [2.05, 4.69) is 4.98 Å². The highest BCUT2D eigenvalue weighted by Gasteiger charge is 2.28. The number of furan rings is 1. The fourth-order valence-electron chi connectivity index (χ4n) is 3.10. The minimum absolute atomic E-state index is 0.137. The van der Waals surface area contributed by atoms with Gasteiger partial charge in [0.05, 0.1) is 12.1 Å². The van der Waals surface area contributed by atoms with E-state index < -0.39 is 0 Å². The molecule has 1 saturated heterocycles. The average molecular weight is 334 g/mol. The van der Waals surface area contributed by atoms with Crippen molar-refractivity contribution in [2.75, 3.05) is 13.2 Å². The van der Waals surface area contributed by atoms with E-state index in [0.717, 1.165) is 54.5 Å². The Morgan fingerprint density at radius 2 is 2.39 bits per heavy atom. The average Bonchev–Trinajstić information content (AvgIpc) is 3.25. The molecule has 1 atom stereocenters. The molecule has 0 spiro atoms. The first-order chi connectivity index (χ1) is 11.2. The summed E-state index contributed by atoms with van der Waals surface area (Å²) in [6.45, 7) is 2.92. The van der Waals surface area contributed by atoms with Crippen LogP contribution in [0, 0.1) is 6.92 Å². The molecule has 2 aromatic rings. The lowest BCUT2D eigenvalue weighted by molar-refractivity contribution is -0.131. The Kier molecular flexibility index (Phi) is 5.13. The van der Waals surface area contributed by atoms with Gasteiger partial charge in [0, 0.05) is 24.6 Å². The third kappa shape index (κ3) is 3.82. The highest BCUT2D eigenvalue weighted by molar-refractivity contribution is 7.13. The van der Waals surface area contributed by atoms with Crippen LogP contribution in [0.3, 0.4) is 0 Å². The van der Waals surface area contributed by atoms with Crippen LogP contribution in [0.15, 0.2) is 21.9 Å². The van der Waals surface area contributed by atoms with Gasteiger partial charge in [0.1, 0.15) is 5.76 Å². The molecule has 0 bridgehead atoms. The van der Waals surface area contributed by atoms with E-state index in [1.165, 1.54) is 11.3 Å². The van der Waals surface area contributed by atoms with Crippen molar-refractivity contribution in [1.29, 1.82) is 0 Å². The number of carbonyl (C=O) groups is 1. The van der Waals surface area contributed by atoms with E-state index >= 15 is 0 Å². The first-order valence-electron chi connectivity index (χ1n) is 8.09.